The largest absolute Gasteiger partial charge is 2.00 e. The first-order chi connectivity index (χ1) is 1.73. The average molecular weight is 101 g/mol. The summed E-state index contributed by atoms with van der Waals surface area (Å²) in [5.41, 5.74) is 0. The monoisotopic (exact) mass is 101 g/mol. The summed E-state index contributed by atoms with van der Waals surface area (Å²) < 4.78 is 0. The molecule has 0 amide bonds. The van der Waals surface area contributed by atoms with Crippen LogP contribution in [0.2, 0.25) is 0 Å². The Balaban J connectivity index is 0. The van der Waals surface area contributed by atoms with Crippen LogP contribution in [-0.4, -0.2) is 43.9 Å². The van der Waals surface area contributed by atoms with E-state index in [0.717, 1.165) is 0 Å². The van der Waals surface area contributed by atoms with E-state index < -0.39 is 6.16 Å². The first-order valence-corrected chi connectivity index (χ1v) is 0.612. The second kappa shape index (κ2) is 4.53. The zero-order valence-electron chi connectivity index (χ0n) is 2.43. The molecule has 0 fully saturated rings. The van der Waals surface area contributed by atoms with Crippen LogP contribution in [0.3, 0.4) is 0 Å². The molecule has 0 aromatic rings. The van der Waals surface area contributed by atoms with Crippen molar-refractivity contribution >= 4 is 43.9 Å². The standard InChI is InChI=1S/CH2O3.Ca/c2-1(3)4;/h(H2,2,3,4);/q;+2/p-2/i1+1;. The van der Waals surface area contributed by atoms with E-state index in [2.05, 4.69) is 0 Å². The van der Waals surface area contributed by atoms with E-state index in [4.69, 9.17) is 15.0 Å². The molecular formula is CCaO3. The molecule has 0 aliphatic carbocycles. The van der Waals surface area contributed by atoms with E-state index in [9.17, 15) is 0 Å². The second-order valence-corrected chi connectivity index (χ2v) is 0.250. The zero-order chi connectivity index (χ0) is 3.58. The molecule has 0 aromatic heterocycles. The Morgan fingerprint density at radius 3 is 1.40 bits per heavy atom. The quantitative estimate of drug-likeness (QED) is 0.244. The molecule has 0 radical (unpaired) electrons. The summed E-state index contributed by atoms with van der Waals surface area (Å²) in [5, 5.41) is 16.7. The molecule has 4 heteroatoms. The molecule has 0 atom stereocenters. The van der Waals surface area contributed by atoms with E-state index in [0.29, 0.717) is 0 Å². The molecular weight excluding hydrogens is 101 g/mol. The molecule has 0 bridgehead atoms. The molecule has 24 valence electrons. The zero-order valence-corrected chi connectivity index (χ0v) is 4.64. The van der Waals surface area contributed by atoms with Gasteiger partial charge in [0.25, 0.3) is 0 Å². The molecule has 5 heavy (non-hydrogen) atoms. The molecule has 0 saturated carbocycles. The van der Waals surface area contributed by atoms with Gasteiger partial charge in [-0.1, -0.05) is 0 Å². The van der Waals surface area contributed by atoms with Gasteiger partial charge in [-0.3, -0.25) is 0 Å². The summed E-state index contributed by atoms with van der Waals surface area (Å²) >= 11 is 0. The van der Waals surface area contributed by atoms with Crippen molar-refractivity contribution < 1.29 is 15.0 Å². The molecule has 0 N–H and O–H groups in total. The Morgan fingerprint density at radius 2 is 1.40 bits per heavy atom. The van der Waals surface area contributed by atoms with E-state index >= 15 is 0 Å². The van der Waals surface area contributed by atoms with Crippen LogP contribution in [0.4, 0.5) is 4.79 Å². The van der Waals surface area contributed by atoms with E-state index in [1.807, 2.05) is 0 Å². The summed E-state index contributed by atoms with van der Waals surface area (Å²) in [6.45, 7) is 0. The van der Waals surface area contributed by atoms with Crippen molar-refractivity contribution in [2.24, 2.45) is 0 Å². The Hall–Kier alpha value is 0.530. The number of carbonyl (C=O) groups excluding carboxylic acids is 1. The summed E-state index contributed by atoms with van der Waals surface area (Å²) in [6.07, 6.45) is -2.33. The van der Waals surface area contributed by atoms with Crippen LogP contribution < -0.4 is 10.2 Å². The van der Waals surface area contributed by atoms with Gasteiger partial charge in [0.05, 0.1) is 0 Å². The molecule has 0 aliphatic heterocycles. The molecule has 0 aromatic carbocycles. The van der Waals surface area contributed by atoms with E-state index in [1.165, 1.54) is 0 Å². The van der Waals surface area contributed by atoms with Crippen molar-refractivity contribution in [3.63, 3.8) is 0 Å². The van der Waals surface area contributed by atoms with Gasteiger partial charge in [-0.15, -0.1) is 0 Å². The number of hydrogen-bond acceptors (Lipinski definition) is 3. The maximum atomic E-state index is 8.33. The SMILES string of the molecule is O=[13C]([O-])[O-].[Ca+2]. The van der Waals surface area contributed by atoms with Crippen molar-refractivity contribution in [2.45, 2.75) is 0 Å². The van der Waals surface area contributed by atoms with Crippen LogP contribution in [0.15, 0.2) is 0 Å². The Labute approximate surface area is 58.6 Å². The van der Waals surface area contributed by atoms with Crippen molar-refractivity contribution in [3.05, 3.63) is 0 Å². The third-order valence-corrected chi connectivity index (χ3v) is 0. The third kappa shape index (κ3) is 103. The number of rotatable bonds is 0. The minimum absolute atomic E-state index is 0. The maximum absolute atomic E-state index is 8.33. The van der Waals surface area contributed by atoms with Gasteiger partial charge in [-0.05, 0) is 6.16 Å². The first-order valence-electron chi connectivity index (χ1n) is 0.612. The fourth-order valence-electron chi connectivity index (χ4n) is 0. The molecule has 0 aliphatic rings. The van der Waals surface area contributed by atoms with E-state index in [-0.39, 0.29) is 37.7 Å². The van der Waals surface area contributed by atoms with Gasteiger partial charge in [-0.2, -0.15) is 0 Å². The van der Waals surface area contributed by atoms with Crippen LogP contribution in [0.5, 0.6) is 0 Å². The van der Waals surface area contributed by atoms with Gasteiger partial charge < -0.3 is 15.0 Å². The number of hydrogen-bond donors (Lipinski definition) is 0. The second-order valence-electron chi connectivity index (χ2n) is 0.250. The Kier molecular flexibility index (Phi) is 8.25. The molecule has 3 nitrogen and oxygen atoms in total. The van der Waals surface area contributed by atoms with E-state index in [1.54, 1.807) is 0 Å². The van der Waals surface area contributed by atoms with Gasteiger partial charge in [0.1, 0.15) is 0 Å². The fraction of sp³-hybridized carbons (Fsp3) is 0. The Bertz CT molecular complexity index is 29.9. The van der Waals surface area contributed by atoms with Crippen LogP contribution in [0, 0.1) is 0 Å². The van der Waals surface area contributed by atoms with Crippen LogP contribution in [0.25, 0.3) is 0 Å². The Morgan fingerprint density at radius 1 is 1.40 bits per heavy atom. The van der Waals surface area contributed by atoms with Gasteiger partial charge in [0.2, 0.25) is 0 Å². The van der Waals surface area contributed by atoms with Crippen LogP contribution in [0.1, 0.15) is 0 Å². The minimum atomic E-state index is -2.33. The minimum Gasteiger partial charge on any atom is -0.652 e. The third-order valence-electron chi connectivity index (χ3n) is 0. The summed E-state index contributed by atoms with van der Waals surface area (Å²) in [6, 6.07) is 0. The molecule has 0 heterocycles. The van der Waals surface area contributed by atoms with Gasteiger partial charge in [0, 0.05) is 0 Å². The topological polar surface area (TPSA) is 63.2 Å². The molecule has 0 unspecified atom stereocenters. The van der Waals surface area contributed by atoms with Gasteiger partial charge in [-0.25, -0.2) is 0 Å². The van der Waals surface area contributed by atoms with Gasteiger partial charge in [0.15, 0.2) is 0 Å². The fourth-order valence-corrected chi connectivity index (χ4v) is 0. The summed E-state index contributed by atoms with van der Waals surface area (Å²) in [4.78, 5) is 8.33. The normalized spacial score (nSPS) is 4.80. The van der Waals surface area contributed by atoms with Crippen molar-refractivity contribution in [3.8, 4) is 0 Å². The predicted molar refractivity (Wildman–Crippen MR) is 11.1 cm³/mol. The predicted octanol–water partition coefficient (Wildman–Crippen LogP) is -2.83. The molecule has 0 saturated heterocycles. The molecule has 0 spiro atoms. The average Bonchev–Trinajstić information content (AvgIpc) is 0.811. The van der Waals surface area contributed by atoms with Crippen molar-refractivity contribution in [1.82, 2.24) is 0 Å². The summed E-state index contributed by atoms with van der Waals surface area (Å²) in [5.74, 6) is 0. The number of carbonyl (C=O) groups is 1. The van der Waals surface area contributed by atoms with Crippen molar-refractivity contribution in [1.29, 1.82) is 0 Å². The van der Waals surface area contributed by atoms with Crippen LogP contribution >= 0.6 is 0 Å². The molecule has 0 rings (SSSR count). The van der Waals surface area contributed by atoms with Crippen LogP contribution in [-0.2, 0) is 0 Å². The van der Waals surface area contributed by atoms with Crippen molar-refractivity contribution in [2.75, 3.05) is 0 Å². The smallest absolute Gasteiger partial charge is 0.652 e. The van der Waals surface area contributed by atoms with Gasteiger partial charge >= 0.3 is 37.7 Å². The number of carboxylic acid groups (broad SMARTS) is 2. The summed E-state index contributed by atoms with van der Waals surface area (Å²) in [7, 11) is 0. The maximum Gasteiger partial charge on any atom is 2.00 e. The first kappa shape index (κ1) is 9.11.